The summed E-state index contributed by atoms with van der Waals surface area (Å²) in [7, 11) is 4.03. The van der Waals surface area contributed by atoms with E-state index in [0.717, 1.165) is 44.7 Å². The third kappa shape index (κ3) is 5.64. The van der Waals surface area contributed by atoms with Crippen LogP contribution in [-0.2, 0) is 4.74 Å². The van der Waals surface area contributed by atoms with Crippen LogP contribution in [0.3, 0.4) is 0 Å². The molecule has 0 aromatic heterocycles. The Morgan fingerprint density at radius 2 is 2.09 bits per heavy atom. The van der Waals surface area contributed by atoms with Crippen LogP contribution in [0.4, 0.5) is 0 Å². The first-order valence-electron chi connectivity index (χ1n) is 9.33. The van der Waals surface area contributed by atoms with Crippen LogP contribution in [-0.4, -0.2) is 63.3 Å². The van der Waals surface area contributed by atoms with E-state index in [0.29, 0.717) is 11.5 Å². The van der Waals surface area contributed by atoms with Gasteiger partial charge in [0.05, 0.1) is 0 Å². The Morgan fingerprint density at radius 3 is 2.61 bits per heavy atom. The standard InChI is InChI=1S/C18H36N4O/c1-5-19-17(20-13-15(2)22(3)16-7-8-16)21-14-18(9-6-10-18)11-12-23-4/h15-16H,5-14H2,1-4H3,(H2,19,20,21). The Bertz CT molecular complexity index is 377. The molecular weight excluding hydrogens is 288 g/mol. The number of nitrogens with zero attached hydrogens (tertiary/aromatic N) is 2. The monoisotopic (exact) mass is 324 g/mol. The van der Waals surface area contributed by atoms with Gasteiger partial charge in [0.2, 0.25) is 0 Å². The van der Waals surface area contributed by atoms with Crippen molar-refractivity contribution >= 4 is 5.96 Å². The Hall–Kier alpha value is -0.810. The average Bonchev–Trinajstić information content (AvgIpc) is 3.34. The summed E-state index contributed by atoms with van der Waals surface area (Å²) in [4.78, 5) is 7.36. The van der Waals surface area contributed by atoms with E-state index in [-0.39, 0.29) is 0 Å². The van der Waals surface area contributed by atoms with Gasteiger partial charge >= 0.3 is 0 Å². The lowest BCUT2D eigenvalue weighted by molar-refractivity contribution is 0.0778. The van der Waals surface area contributed by atoms with Crippen molar-refractivity contribution in [2.24, 2.45) is 10.4 Å². The summed E-state index contributed by atoms with van der Waals surface area (Å²) >= 11 is 0. The second kappa shape index (κ2) is 8.88. The van der Waals surface area contributed by atoms with Crippen LogP contribution in [0, 0.1) is 5.41 Å². The largest absolute Gasteiger partial charge is 0.385 e. The number of likely N-dealkylation sites (N-methyl/N-ethyl adjacent to an activating group) is 1. The first-order chi connectivity index (χ1) is 11.1. The zero-order chi connectivity index (χ0) is 16.7. The van der Waals surface area contributed by atoms with Gasteiger partial charge in [-0.1, -0.05) is 6.42 Å². The fourth-order valence-corrected chi connectivity index (χ4v) is 3.30. The first-order valence-corrected chi connectivity index (χ1v) is 9.33. The SMILES string of the molecule is CCNC(=NCC1(CCOC)CCC1)NCC(C)N(C)C1CC1. The van der Waals surface area contributed by atoms with E-state index in [2.05, 4.69) is 36.4 Å². The van der Waals surface area contributed by atoms with Crippen molar-refractivity contribution in [1.82, 2.24) is 15.5 Å². The van der Waals surface area contributed by atoms with Crippen LogP contribution >= 0.6 is 0 Å². The predicted molar refractivity (Wildman–Crippen MR) is 97.0 cm³/mol. The number of methoxy groups -OCH3 is 1. The van der Waals surface area contributed by atoms with Crippen molar-refractivity contribution < 1.29 is 4.74 Å². The van der Waals surface area contributed by atoms with Crippen molar-refractivity contribution in [2.45, 2.75) is 64.5 Å². The zero-order valence-electron chi connectivity index (χ0n) is 15.5. The van der Waals surface area contributed by atoms with Crippen LogP contribution in [0.15, 0.2) is 4.99 Å². The van der Waals surface area contributed by atoms with Crippen LogP contribution < -0.4 is 10.6 Å². The van der Waals surface area contributed by atoms with Gasteiger partial charge in [-0.05, 0) is 58.4 Å². The number of aliphatic imine (C=N–C) groups is 1. The molecule has 5 heteroatoms. The van der Waals surface area contributed by atoms with Crippen molar-refractivity contribution in [2.75, 3.05) is 40.4 Å². The molecule has 2 rings (SSSR count). The smallest absolute Gasteiger partial charge is 0.191 e. The number of guanidine groups is 1. The third-order valence-electron chi connectivity index (χ3n) is 5.55. The quantitative estimate of drug-likeness (QED) is 0.478. The minimum absolute atomic E-state index is 0.384. The van der Waals surface area contributed by atoms with Crippen molar-refractivity contribution in [3.8, 4) is 0 Å². The molecule has 0 amide bonds. The minimum atomic E-state index is 0.384. The van der Waals surface area contributed by atoms with Crippen molar-refractivity contribution in [1.29, 1.82) is 0 Å². The number of hydrogen-bond acceptors (Lipinski definition) is 3. The summed E-state index contributed by atoms with van der Waals surface area (Å²) in [5.74, 6) is 0.965. The minimum Gasteiger partial charge on any atom is -0.385 e. The van der Waals surface area contributed by atoms with Crippen LogP contribution in [0.1, 0.15) is 52.4 Å². The highest BCUT2D eigenvalue weighted by atomic mass is 16.5. The lowest BCUT2D eigenvalue weighted by atomic mass is 9.67. The highest BCUT2D eigenvalue weighted by Gasteiger charge is 2.36. The molecule has 2 saturated carbocycles. The van der Waals surface area contributed by atoms with E-state index in [4.69, 9.17) is 9.73 Å². The van der Waals surface area contributed by atoms with Gasteiger partial charge in [0.25, 0.3) is 0 Å². The maximum atomic E-state index is 5.28. The predicted octanol–water partition coefficient (Wildman–Crippen LogP) is 2.23. The Labute approximate surface area is 142 Å². The van der Waals surface area contributed by atoms with Crippen LogP contribution in [0.25, 0.3) is 0 Å². The summed E-state index contributed by atoms with van der Waals surface area (Å²) in [5.41, 5.74) is 0.384. The zero-order valence-corrected chi connectivity index (χ0v) is 15.5. The summed E-state index contributed by atoms with van der Waals surface area (Å²) in [5, 5.41) is 6.91. The molecule has 2 fully saturated rings. The van der Waals surface area contributed by atoms with E-state index in [1.807, 2.05) is 0 Å². The topological polar surface area (TPSA) is 48.9 Å². The molecule has 134 valence electrons. The van der Waals surface area contributed by atoms with E-state index in [1.54, 1.807) is 7.11 Å². The van der Waals surface area contributed by atoms with Gasteiger partial charge in [-0.15, -0.1) is 0 Å². The van der Waals surface area contributed by atoms with Gasteiger partial charge < -0.3 is 15.4 Å². The van der Waals surface area contributed by atoms with E-state index >= 15 is 0 Å². The fourth-order valence-electron chi connectivity index (χ4n) is 3.30. The lowest BCUT2D eigenvalue weighted by Gasteiger charge is -2.40. The Balaban J connectivity index is 1.81. The molecular formula is C18H36N4O. The maximum Gasteiger partial charge on any atom is 0.191 e. The molecule has 0 spiro atoms. The Kier molecular flexibility index (Phi) is 7.15. The number of nitrogens with one attached hydrogen (secondary N) is 2. The summed E-state index contributed by atoms with van der Waals surface area (Å²) in [6.07, 6.45) is 7.77. The normalized spacial score (nSPS) is 21.9. The number of rotatable bonds is 10. The maximum absolute atomic E-state index is 5.28. The number of hydrogen-bond donors (Lipinski definition) is 2. The summed E-state index contributed by atoms with van der Waals surface area (Å²) < 4.78 is 5.28. The van der Waals surface area contributed by atoms with Gasteiger partial charge in [-0.3, -0.25) is 9.89 Å². The molecule has 1 atom stereocenters. The molecule has 1 unspecified atom stereocenters. The molecule has 2 N–H and O–H groups in total. The van der Waals surface area contributed by atoms with E-state index in [9.17, 15) is 0 Å². The van der Waals surface area contributed by atoms with Gasteiger partial charge in [-0.25, -0.2) is 0 Å². The molecule has 0 radical (unpaired) electrons. The second-order valence-electron chi connectivity index (χ2n) is 7.42. The van der Waals surface area contributed by atoms with E-state index < -0.39 is 0 Å². The fraction of sp³-hybridized carbons (Fsp3) is 0.944. The highest BCUT2D eigenvalue weighted by Crippen LogP contribution is 2.44. The van der Waals surface area contributed by atoms with Gasteiger partial charge in [-0.2, -0.15) is 0 Å². The van der Waals surface area contributed by atoms with Gasteiger partial charge in [0, 0.05) is 45.4 Å². The van der Waals surface area contributed by atoms with Gasteiger partial charge in [0.1, 0.15) is 0 Å². The third-order valence-corrected chi connectivity index (χ3v) is 5.55. The molecule has 2 aliphatic rings. The second-order valence-corrected chi connectivity index (χ2v) is 7.42. The van der Waals surface area contributed by atoms with Crippen LogP contribution in [0.5, 0.6) is 0 Å². The van der Waals surface area contributed by atoms with Crippen LogP contribution in [0.2, 0.25) is 0 Å². The molecule has 5 nitrogen and oxygen atoms in total. The summed E-state index contributed by atoms with van der Waals surface area (Å²) in [6, 6.07) is 1.34. The molecule has 0 saturated heterocycles. The Morgan fingerprint density at radius 1 is 1.35 bits per heavy atom. The number of ether oxygens (including phenoxy) is 1. The molecule has 0 bridgehead atoms. The van der Waals surface area contributed by atoms with Crippen molar-refractivity contribution in [3.05, 3.63) is 0 Å². The molecule has 0 heterocycles. The molecule has 23 heavy (non-hydrogen) atoms. The summed E-state index contributed by atoms with van der Waals surface area (Å²) in [6.45, 7) is 8.04. The molecule has 0 aromatic rings. The molecule has 2 aliphatic carbocycles. The highest BCUT2D eigenvalue weighted by molar-refractivity contribution is 5.79. The molecule has 0 aromatic carbocycles. The van der Waals surface area contributed by atoms with Gasteiger partial charge in [0.15, 0.2) is 5.96 Å². The lowest BCUT2D eigenvalue weighted by Crippen LogP contribution is -2.46. The molecule has 0 aliphatic heterocycles. The van der Waals surface area contributed by atoms with Crippen molar-refractivity contribution in [3.63, 3.8) is 0 Å². The van der Waals surface area contributed by atoms with E-state index in [1.165, 1.54) is 32.1 Å². The average molecular weight is 325 g/mol. The first kappa shape index (κ1) is 18.5.